The fraction of sp³-hybridized carbons (Fsp3) is 0.438. The SMILES string of the molecule is Cc1ccc(O)cc1[C@@]12Cc3[nH]c(=O)c(C(=O)NCc4ccccc4)cc3C[C@H]1[C@H]1C(CN1CC1CC1)C2. The average molecular weight is 510 g/mol. The highest BCUT2D eigenvalue weighted by atomic mass is 16.3. The normalized spacial score (nSPS) is 27.7. The van der Waals surface area contributed by atoms with E-state index < -0.39 is 0 Å². The number of amides is 1. The number of hydrogen-bond donors (Lipinski definition) is 3. The van der Waals surface area contributed by atoms with Gasteiger partial charge in [0.25, 0.3) is 11.5 Å². The first-order valence-corrected chi connectivity index (χ1v) is 14.0. The van der Waals surface area contributed by atoms with Crippen LogP contribution < -0.4 is 10.9 Å². The second-order valence-corrected chi connectivity index (χ2v) is 12.2. The summed E-state index contributed by atoms with van der Waals surface area (Å²) >= 11 is 0. The molecular weight excluding hydrogens is 474 g/mol. The molecule has 3 aromatic rings. The molecule has 3 aliphatic carbocycles. The maximum Gasteiger partial charge on any atom is 0.261 e. The molecule has 4 aliphatic rings. The van der Waals surface area contributed by atoms with Crippen LogP contribution in [0.3, 0.4) is 0 Å². The van der Waals surface area contributed by atoms with Crippen LogP contribution in [0.4, 0.5) is 0 Å². The number of aromatic nitrogens is 1. The monoisotopic (exact) mass is 509 g/mol. The number of aryl methyl sites for hydroxylation is 1. The molecule has 38 heavy (non-hydrogen) atoms. The zero-order valence-corrected chi connectivity index (χ0v) is 21.9. The summed E-state index contributed by atoms with van der Waals surface area (Å²) < 4.78 is 0. The third-order valence-corrected chi connectivity index (χ3v) is 9.76. The maximum absolute atomic E-state index is 13.2. The van der Waals surface area contributed by atoms with E-state index in [0.29, 0.717) is 30.2 Å². The van der Waals surface area contributed by atoms with E-state index in [4.69, 9.17) is 0 Å². The Balaban J connectivity index is 1.24. The van der Waals surface area contributed by atoms with Gasteiger partial charge in [-0.3, -0.25) is 14.5 Å². The number of carbonyl (C=O) groups excluding carboxylic acids is 1. The van der Waals surface area contributed by atoms with Crippen LogP contribution in [0.1, 0.15) is 57.6 Å². The van der Waals surface area contributed by atoms with E-state index in [1.54, 1.807) is 6.07 Å². The third-order valence-electron chi connectivity index (χ3n) is 9.76. The number of aromatic hydroxyl groups is 1. The highest BCUT2D eigenvalue weighted by Gasteiger charge is 2.62. The van der Waals surface area contributed by atoms with Crippen molar-refractivity contribution in [3.8, 4) is 5.75 Å². The van der Waals surface area contributed by atoms with Gasteiger partial charge in [0, 0.05) is 36.8 Å². The van der Waals surface area contributed by atoms with Crippen molar-refractivity contribution in [1.29, 1.82) is 0 Å². The van der Waals surface area contributed by atoms with E-state index in [-0.39, 0.29) is 22.4 Å². The molecular formula is C32H35N3O3. The number of aromatic amines is 1. The van der Waals surface area contributed by atoms with Crippen molar-refractivity contribution in [2.75, 3.05) is 13.1 Å². The van der Waals surface area contributed by atoms with Crippen LogP contribution in [-0.4, -0.2) is 40.0 Å². The van der Waals surface area contributed by atoms with Crippen LogP contribution in [0.2, 0.25) is 0 Å². The van der Waals surface area contributed by atoms with Gasteiger partial charge in [0.15, 0.2) is 0 Å². The lowest BCUT2D eigenvalue weighted by Gasteiger charge is -2.49. The Morgan fingerprint density at radius 2 is 1.97 bits per heavy atom. The second-order valence-electron chi connectivity index (χ2n) is 12.2. The van der Waals surface area contributed by atoms with E-state index >= 15 is 0 Å². The number of nitrogens with zero attached hydrogens (tertiary/aromatic N) is 1. The molecule has 1 saturated heterocycles. The van der Waals surface area contributed by atoms with Gasteiger partial charge in [-0.05, 0) is 97.2 Å². The Bertz CT molecular complexity index is 1460. The van der Waals surface area contributed by atoms with Gasteiger partial charge in [-0.15, -0.1) is 0 Å². The Hall–Kier alpha value is -3.38. The summed E-state index contributed by atoms with van der Waals surface area (Å²) in [6.07, 6.45) is 5.35. The summed E-state index contributed by atoms with van der Waals surface area (Å²) in [5.41, 5.74) is 5.20. The molecule has 0 radical (unpaired) electrons. The van der Waals surface area contributed by atoms with Gasteiger partial charge in [-0.2, -0.15) is 0 Å². The number of carbonyl (C=O) groups is 1. The predicted octanol–water partition coefficient (Wildman–Crippen LogP) is 4.09. The summed E-state index contributed by atoms with van der Waals surface area (Å²) in [6.45, 7) is 4.87. The first-order chi connectivity index (χ1) is 18.4. The van der Waals surface area contributed by atoms with Crippen LogP contribution in [-0.2, 0) is 24.8 Å². The summed E-state index contributed by atoms with van der Waals surface area (Å²) in [7, 11) is 0. The van der Waals surface area contributed by atoms with Crippen LogP contribution in [0.15, 0.2) is 59.4 Å². The lowest BCUT2D eigenvalue weighted by Crippen LogP contribution is -2.58. The minimum atomic E-state index is -0.332. The minimum absolute atomic E-state index is 0.122. The van der Waals surface area contributed by atoms with Gasteiger partial charge >= 0.3 is 0 Å². The topological polar surface area (TPSA) is 85.4 Å². The molecule has 2 heterocycles. The van der Waals surface area contributed by atoms with Crippen LogP contribution in [0.5, 0.6) is 5.75 Å². The lowest BCUT2D eigenvalue weighted by atomic mass is 9.62. The fourth-order valence-electron chi connectivity index (χ4n) is 7.85. The zero-order valence-electron chi connectivity index (χ0n) is 21.9. The molecule has 1 aromatic heterocycles. The molecule has 2 aromatic carbocycles. The number of phenolic OH excluding ortho intramolecular Hbond substituents is 1. The number of benzene rings is 2. The molecule has 0 bridgehead atoms. The van der Waals surface area contributed by atoms with Gasteiger partial charge in [0.1, 0.15) is 11.3 Å². The maximum atomic E-state index is 13.2. The quantitative estimate of drug-likeness (QED) is 0.467. The Labute approximate surface area is 223 Å². The summed E-state index contributed by atoms with van der Waals surface area (Å²) in [5.74, 6) is 1.84. The molecule has 1 amide bonds. The van der Waals surface area contributed by atoms with Gasteiger partial charge in [-0.1, -0.05) is 36.4 Å². The first-order valence-electron chi connectivity index (χ1n) is 14.0. The number of nitrogens with one attached hydrogen (secondary N) is 2. The number of pyridine rings is 1. The zero-order chi connectivity index (χ0) is 26.0. The molecule has 6 nitrogen and oxygen atoms in total. The molecule has 7 rings (SSSR count). The Morgan fingerprint density at radius 3 is 2.76 bits per heavy atom. The number of H-pyrrole nitrogens is 1. The molecule has 3 N–H and O–H groups in total. The number of phenols is 1. The van der Waals surface area contributed by atoms with E-state index in [2.05, 4.69) is 22.1 Å². The van der Waals surface area contributed by atoms with Crippen LogP contribution >= 0.6 is 0 Å². The van der Waals surface area contributed by atoms with Crippen LogP contribution in [0, 0.1) is 24.7 Å². The minimum Gasteiger partial charge on any atom is -0.508 e. The van der Waals surface area contributed by atoms with E-state index in [1.165, 1.54) is 30.5 Å². The average Bonchev–Trinajstić information content (AvgIpc) is 3.69. The smallest absolute Gasteiger partial charge is 0.261 e. The Kier molecular flexibility index (Phi) is 5.52. The van der Waals surface area contributed by atoms with E-state index in [9.17, 15) is 14.7 Å². The molecule has 2 saturated carbocycles. The molecule has 196 valence electrons. The van der Waals surface area contributed by atoms with E-state index in [1.807, 2.05) is 48.5 Å². The summed E-state index contributed by atoms with van der Waals surface area (Å²) in [6, 6.07) is 17.9. The van der Waals surface area contributed by atoms with Crippen molar-refractivity contribution < 1.29 is 9.90 Å². The fourth-order valence-corrected chi connectivity index (χ4v) is 7.85. The largest absolute Gasteiger partial charge is 0.508 e. The summed E-state index contributed by atoms with van der Waals surface area (Å²) in [5, 5.41) is 13.4. The van der Waals surface area contributed by atoms with Crippen molar-refractivity contribution in [3.05, 3.63) is 98.5 Å². The first kappa shape index (κ1) is 23.7. The van der Waals surface area contributed by atoms with Crippen molar-refractivity contribution in [2.45, 2.75) is 57.0 Å². The van der Waals surface area contributed by atoms with Gasteiger partial charge < -0.3 is 15.4 Å². The highest BCUT2D eigenvalue weighted by Crippen LogP contribution is 2.60. The van der Waals surface area contributed by atoms with Crippen molar-refractivity contribution in [1.82, 2.24) is 15.2 Å². The summed E-state index contributed by atoms with van der Waals surface area (Å²) in [4.78, 5) is 32.0. The van der Waals surface area contributed by atoms with Crippen molar-refractivity contribution in [3.63, 3.8) is 0 Å². The third kappa shape index (κ3) is 3.89. The second kappa shape index (κ2) is 8.84. The molecule has 3 fully saturated rings. The van der Waals surface area contributed by atoms with Gasteiger partial charge in [0.2, 0.25) is 0 Å². The van der Waals surface area contributed by atoms with E-state index in [0.717, 1.165) is 48.5 Å². The van der Waals surface area contributed by atoms with Crippen LogP contribution in [0.25, 0.3) is 0 Å². The van der Waals surface area contributed by atoms with Gasteiger partial charge in [-0.25, -0.2) is 0 Å². The molecule has 4 atom stereocenters. The number of hydrogen-bond acceptors (Lipinski definition) is 4. The predicted molar refractivity (Wildman–Crippen MR) is 146 cm³/mol. The number of rotatable bonds is 6. The highest BCUT2D eigenvalue weighted by molar-refractivity contribution is 5.94. The van der Waals surface area contributed by atoms with Crippen molar-refractivity contribution in [2.24, 2.45) is 17.8 Å². The molecule has 6 heteroatoms. The number of fused-ring (bicyclic) bond motifs is 4. The molecule has 1 unspecified atom stereocenters. The van der Waals surface area contributed by atoms with Crippen molar-refractivity contribution >= 4 is 5.91 Å². The molecule has 1 aliphatic heterocycles. The standard InChI is InChI=1S/C32H35N3O3/c1-19-7-10-24(36)13-26(19)32-14-23-18-35(17-21-8-9-21)29(23)27(32)12-22-11-25(31(38)34-28(22)15-32)30(37)33-16-20-5-3-2-4-6-20/h2-7,10-11,13,21,23,27,29,36H,8-9,12,14-18H2,1H3,(H,33,37)(H,34,38)/t23?,27-,29+,32+/m0/s1. The lowest BCUT2D eigenvalue weighted by molar-refractivity contribution is 0.00553. The van der Waals surface area contributed by atoms with Gasteiger partial charge in [0.05, 0.1) is 0 Å². The number of likely N-dealkylation sites (tertiary alicyclic amines) is 1. The molecule has 0 spiro atoms. The Morgan fingerprint density at radius 1 is 1.16 bits per heavy atom.